The van der Waals surface area contributed by atoms with E-state index in [0.29, 0.717) is 12.1 Å². The number of thiophene rings is 1. The molecule has 0 atom stereocenters. The SMILES string of the molecule is CCc1c(-c2ccsc2)c(C(N)=O)c(C)n1Cc1ccccn1. The van der Waals surface area contributed by atoms with E-state index >= 15 is 0 Å². The maximum atomic E-state index is 12.1. The second-order valence-electron chi connectivity index (χ2n) is 5.42. The summed E-state index contributed by atoms with van der Waals surface area (Å²) in [7, 11) is 0. The Bertz CT molecular complexity index is 820. The van der Waals surface area contributed by atoms with Gasteiger partial charge < -0.3 is 10.3 Å². The zero-order valence-electron chi connectivity index (χ0n) is 13.2. The van der Waals surface area contributed by atoms with Crippen LogP contribution < -0.4 is 5.73 Å². The molecule has 3 rings (SSSR count). The zero-order chi connectivity index (χ0) is 16.4. The number of amides is 1. The van der Waals surface area contributed by atoms with Crippen LogP contribution in [0.1, 0.15) is 34.4 Å². The third-order valence-electron chi connectivity index (χ3n) is 4.07. The lowest BCUT2D eigenvalue weighted by atomic mass is 10.0. The summed E-state index contributed by atoms with van der Waals surface area (Å²) >= 11 is 1.62. The van der Waals surface area contributed by atoms with Crippen molar-refractivity contribution in [1.29, 1.82) is 0 Å². The Kier molecular flexibility index (Phi) is 4.30. The average Bonchev–Trinajstić information content (AvgIpc) is 3.15. The lowest BCUT2D eigenvalue weighted by molar-refractivity contribution is 0.1000. The van der Waals surface area contributed by atoms with Gasteiger partial charge in [0.05, 0.1) is 17.8 Å². The Morgan fingerprint density at radius 3 is 2.74 bits per heavy atom. The van der Waals surface area contributed by atoms with Gasteiger partial charge in [-0.15, -0.1) is 0 Å². The molecule has 0 spiro atoms. The average molecular weight is 325 g/mol. The predicted octanol–water partition coefficient (Wildman–Crippen LogP) is 3.63. The minimum absolute atomic E-state index is 0.377. The summed E-state index contributed by atoms with van der Waals surface area (Å²) < 4.78 is 2.16. The van der Waals surface area contributed by atoms with Gasteiger partial charge in [0.1, 0.15) is 0 Å². The molecular weight excluding hydrogens is 306 g/mol. The molecule has 0 aromatic carbocycles. The molecule has 0 saturated carbocycles. The first-order valence-electron chi connectivity index (χ1n) is 7.57. The monoisotopic (exact) mass is 325 g/mol. The molecule has 3 heterocycles. The maximum Gasteiger partial charge on any atom is 0.251 e. The van der Waals surface area contributed by atoms with Crippen LogP contribution in [0, 0.1) is 6.92 Å². The van der Waals surface area contributed by atoms with Crippen molar-refractivity contribution in [1.82, 2.24) is 9.55 Å². The molecule has 0 fully saturated rings. The van der Waals surface area contributed by atoms with Crippen LogP contribution in [-0.2, 0) is 13.0 Å². The van der Waals surface area contributed by atoms with Crippen LogP contribution in [-0.4, -0.2) is 15.5 Å². The highest BCUT2D eigenvalue weighted by atomic mass is 32.1. The predicted molar refractivity (Wildman–Crippen MR) is 93.7 cm³/mol. The van der Waals surface area contributed by atoms with Gasteiger partial charge in [-0.25, -0.2) is 0 Å². The van der Waals surface area contributed by atoms with E-state index in [1.54, 1.807) is 17.5 Å². The number of nitrogens with two attached hydrogens (primary N) is 1. The van der Waals surface area contributed by atoms with Gasteiger partial charge in [-0.3, -0.25) is 9.78 Å². The van der Waals surface area contributed by atoms with Crippen molar-refractivity contribution < 1.29 is 4.79 Å². The molecule has 0 radical (unpaired) electrons. The molecule has 1 amide bonds. The Morgan fingerprint density at radius 2 is 2.17 bits per heavy atom. The van der Waals surface area contributed by atoms with Gasteiger partial charge in [-0.1, -0.05) is 13.0 Å². The van der Waals surface area contributed by atoms with E-state index < -0.39 is 0 Å². The third-order valence-corrected chi connectivity index (χ3v) is 4.75. The minimum atomic E-state index is -0.377. The number of carbonyl (C=O) groups excluding carboxylic acids is 1. The van der Waals surface area contributed by atoms with Crippen LogP contribution in [0.3, 0.4) is 0 Å². The number of hydrogen-bond acceptors (Lipinski definition) is 3. The van der Waals surface area contributed by atoms with Crippen LogP contribution in [0.5, 0.6) is 0 Å². The summed E-state index contributed by atoms with van der Waals surface area (Å²) in [6.07, 6.45) is 2.61. The summed E-state index contributed by atoms with van der Waals surface area (Å²) in [5, 5.41) is 4.08. The number of hydrogen-bond donors (Lipinski definition) is 1. The third kappa shape index (κ3) is 2.80. The van der Waals surface area contributed by atoms with Crippen molar-refractivity contribution >= 4 is 17.2 Å². The first-order chi connectivity index (χ1) is 11.1. The first kappa shape index (κ1) is 15.5. The number of nitrogens with zero attached hydrogens (tertiary/aromatic N) is 2. The van der Waals surface area contributed by atoms with E-state index in [4.69, 9.17) is 5.73 Å². The second-order valence-corrected chi connectivity index (χ2v) is 6.20. The number of primary amides is 1. The van der Waals surface area contributed by atoms with E-state index in [2.05, 4.69) is 21.9 Å². The number of pyridine rings is 1. The van der Waals surface area contributed by atoms with Gasteiger partial charge in [0.25, 0.3) is 5.91 Å². The summed E-state index contributed by atoms with van der Waals surface area (Å²) in [5.74, 6) is -0.377. The molecule has 0 saturated heterocycles. The highest BCUT2D eigenvalue weighted by molar-refractivity contribution is 7.08. The van der Waals surface area contributed by atoms with Crippen molar-refractivity contribution in [2.45, 2.75) is 26.8 Å². The van der Waals surface area contributed by atoms with Crippen molar-refractivity contribution in [3.63, 3.8) is 0 Å². The molecule has 0 aliphatic rings. The summed E-state index contributed by atoms with van der Waals surface area (Å²) in [6.45, 7) is 4.70. The van der Waals surface area contributed by atoms with E-state index in [1.807, 2.05) is 36.6 Å². The van der Waals surface area contributed by atoms with E-state index in [1.165, 1.54) is 0 Å². The summed E-state index contributed by atoms with van der Waals surface area (Å²) in [6, 6.07) is 7.91. The van der Waals surface area contributed by atoms with Crippen LogP contribution in [0.15, 0.2) is 41.2 Å². The smallest absolute Gasteiger partial charge is 0.251 e. The Balaban J connectivity index is 2.20. The highest BCUT2D eigenvalue weighted by Crippen LogP contribution is 2.34. The Morgan fingerprint density at radius 1 is 1.35 bits per heavy atom. The molecule has 2 N–H and O–H groups in total. The molecule has 0 bridgehead atoms. The summed E-state index contributed by atoms with van der Waals surface area (Å²) in [4.78, 5) is 16.5. The summed E-state index contributed by atoms with van der Waals surface area (Å²) in [5.41, 5.74) is 11.3. The lowest BCUT2D eigenvalue weighted by Gasteiger charge is -2.11. The fourth-order valence-corrected chi connectivity index (χ4v) is 3.70. The van der Waals surface area contributed by atoms with Crippen molar-refractivity contribution in [3.8, 4) is 11.1 Å². The van der Waals surface area contributed by atoms with Crippen molar-refractivity contribution in [2.75, 3.05) is 0 Å². The van der Waals surface area contributed by atoms with Crippen LogP contribution in [0.4, 0.5) is 0 Å². The lowest BCUT2D eigenvalue weighted by Crippen LogP contribution is -2.13. The molecule has 5 heteroatoms. The molecular formula is C18H19N3OS. The van der Waals surface area contributed by atoms with Crippen molar-refractivity contribution in [3.05, 3.63) is 63.9 Å². The topological polar surface area (TPSA) is 60.9 Å². The zero-order valence-corrected chi connectivity index (χ0v) is 14.1. The maximum absolute atomic E-state index is 12.1. The molecule has 118 valence electrons. The van der Waals surface area contributed by atoms with Gasteiger partial charge in [-0.05, 0) is 47.9 Å². The van der Waals surface area contributed by atoms with Gasteiger partial charge in [0.15, 0.2) is 0 Å². The molecule has 3 aromatic heterocycles. The minimum Gasteiger partial charge on any atom is -0.366 e. The number of rotatable bonds is 5. The van der Waals surface area contributed by atoms with Gasteiger partial charge in [-0.2, -0.15) is 11.3 Å². The molecule has 3 aromatic rings. The first-order valence-corrected chi connectivity index (χ1v) is 8.52. The fraction of sp³-hybridized carbons (Fsp3) is 0.222. The van der Waals surface area contributed by atoms with Gasteiger partial charge in [0, 0.05) is 23.1 Å². The number of carbonyl (C=O) groups is 1. The van der Waals surface area contributed by atoms with Crippen LogP contribution in [0.2, 0.25) is 0 Å². The molecule has 0 aliphatic heterocycles. The standard InChI is InChI=1S/C18H19N3OS/c1-3-15-17(13-7-9-23-11-13)16(18(19)22)12(2)21(15)10-14-6-4-5-8-20-14/h4-9,11H,3,10H2,1-2H3,(H2,19,22). The fourth-order valence-electron chi connectivity index (χ4n) is 3.05. The Labute approximate surface area is 139 Å². The molecule has 23 heavy (non-hydrogen) atoms. The van der Waals surface area contributed by atoms with E-state index in [0.717, 1.165) is 34.6 Å². The van der Waals surface area contributed by atoms with Crippen molar-refractivity contribution in [2.24, 2.45) is 5.73 Å². The number of aromatic nitrogens is 2. The quantitative estimate of drug-likeness (QED) is 0.778. The molecule has 4 nitrogen and oxygen atoms in total. The van der Waals surface area contributed by atoms with E-state index in [9.17, 15) is 4.79 Å². The molecule has 0 unspecified atom stereocenters. The van der Waals surface area contributed by atoms with Gasteiger partial charge >= 0.3 is 0 Å². The van der Waals surface area contributed by atoms with Gasteiger partial charge in [0.2, 0.25) is 0 Å². The van der Waals surface area contributed by atoms with Crippen LogP contribution >= 0.6 is 11.3 Å². The normalized spacial score (nSPS) is 10.9. The molecule has 0 aliphatic carbocycles. The Hall–Kier alpha value is -2.40. The van der Waals surface area contributed by atoms with E-state index in [-0.39, 0.29) is 5.91 Å². The second kappa shape index (κ2) is 6.38. The largest absolute Gasteiger partial charge is 0.366 e. The van der Waals surface area contributed by atoms with Crippen LogP contribution in [0.25, 0.3) is 11.1 Å². The highest BCUT2D eigenvalue weighted by Gasteiger charge is 2.24.